The summed E-state index contributed by atoms with van der Waals surface area (Å²) in [5.74, 6) is 1.33. The largest absolute Gasteiger partial charge is 0.328 e. The molecule has 5 rings (SSSR count). The number of ketones is 1. The van der Waals surface area contributed by atoms with E-state index in [1.807, 2.05) is 36.4 Å². The molecule has 0 spiro atoms. The Morgan fingerprint density at radius 1 is 1.04 bits per heavy atom. The SMILES string of the molecule is O=C1CCCC2=C1C(c1ccccc1)n1nc(-c3ccc(Cl)c(Cl)c3)nc1N2. The van der Waals surface area contributed by atoms with E-state index in [1.54, 1.807) is 16.8 Å². The quantitative estimate of drug-likeness (QED) is 0.624. The zero-order valence-electron chi connectivity index (χ0n) is 14.8. The van der Waals surface area contributed by atoms with Crippen LogP contribution in [-0.2, 0) is 4.79 Å². The first kappa shape index (κ1) is 17.5. The standard InChI is InChI=1S/C21H16Cl2N4O/c22-14-10-9-13(11-15(14)23)20-25-21-24-16-7-4-8-17(28)18(16)19(27(21)26-20)12-5-2-1-3-6-12/h1-3,5-6,9-11,19H,4,7-8H2,(H,24,25,26). The summed E-state index contributed by atoms with van der Waals surface area (Å²) in [5, 5.41) is 9.00. The molecule has 140 valence electrons. The number of allylic oxidation sites excluding steroid dienone is 2. The molecule has 3 aromatic rings. The number of Topliss-reactive ketones (excluding diaryl/α,β-unsaturated/α-hetero) is 1. The zero-order valence-corrected chi connectivity index (χ0v) is 16.3. The van der Waals surface area contributed by atoms with Crippen molar-refractivity contribution in [2.24, 2.45) is 0 Å². The molecule has 0 amide bonds. The maximum atomic E-state index is 12.8. The number of aromatic nitrogens is 3. The van der Waals surface area contributed by atoms with Gasteiger partial charge in [0.25, 0.3) is 0 Å². The van der Waals surface area contributed by atoms with Crippen molar-refractivity contribution in [1.29, 1.82) is 0 Å². The highest BCUT2D eigenvalue weighted by molar-refractivity contribution is 6.42. The van der Waals surface area contributed by atoms with Crippen molar-refractivity contribution in [2.75, 3.05) is 5.32 Å². The number of hydrogen-bond acceptors (Lipinski definition) is 4. The minimum absolute atomic E-state index is 0.167. The van der Waals surface area contributed by atoms with Gasteiger partial charge in [0.05, 0.1) is 10.0 Å². The Labute approximate surface area is 172 Å². The van der Waals surface area contributed by atoms with Crippen molar-refractivity contribution >= 4 is 34.9 Å². The van der Waals surface area contributed by atoms with Crippen molar-refractivity contribution in [2.45, 2.75) is 25.3 Å². The molecule has 1 N–H and O–H groups in total. The lowest BCUT2D eigenvalue weighted by atomic mass is 9.85. The molecule has 28 heavy (non-hydrogen) atoms. The van der Waals surface area contributed by atoms with Crippen molar-refractivity contribution in [3.8, 4) is 11.4 Å². The molecule has 2 aromatic carbocycles. The first-order valence-corrected chi connectivity index (χ1v) is 9.87. The van der Waals surface area contributed by atoms with Crippen LogP contribution in [0.5, 0.6) is 0 Å². The van der Waals surface area contributed by atoms with E-state index in [-0.39, 0.29) is 11.8 Å². The van der Waals surface area contributed by atoms with Crippen molar-refractivity contribution in [1.82, 2.24) is 14.8 Å². The fourth-order valence-electron chi connectivity index (χ4n) is 3.86. The van der Waals surface area contributed by atoms with E-state index < -0.39 is 0 Å². The highest BCUT2D eigenvalue weighted by Gasteiger charge is 2.36. The number of fused-ring (bicyclic) bond motifs is 1. The van der Waals surface area contributed by atoms with Gasteiger partial charge in [0.1, 0.15) is 6.04 Å². The molecule has 1 aliphatic carbocycles. The lowest BCUT2D eigenvalue weighted by molar-refractivity contribution is -0.116. The topological polar surface area (TPSA) is 59.8 Å². The lowest BCUT2D eigenvalue weighted by Crippen LogP contribution is -2.31. The van der Waals surface area contributed by atoms with Crippen LogP contribution in [0.15, 0.2) is 59.8 Å². The Kier molecular flexibility index (Phi) is 4.22. The van der Waals surface area contributed by atoms with E-state index in [9.17, 15) is 4.79 Å². The number of carbonyl (C=O) groups is 1. The van der Waals surface area contributed by atoms with Gasteiger partial charge in [0, 0.05) is 23.3 Å². The summed E-state index contributed by atoms with van der Waals surface area (Å²) in [5.41, 5.74) is 3.52. The van der Waals surface area contributed by atoms with E-state index >= 15 is 0 Å². The molecule has 1 unspecified atom stereocenters. The average Bonchev–Trinajstić information content (AvgIpc) is 3.13. The Bertz CT molecular complexity index is 1120. The van der Waals surface area contributed by atoms with Gasteiger partial charge in [0.15, 0.2) is 11.6 Å². The molecule has 5 nitrogen and oxygen atoms in total. The van der Waals surface area contributed by atoms with Gasteiger partial charge < -0.3 is 5.32 Å². The van der Waals surface area contributed by atoms with E-state index in [2.05, 4.69) is 10.3 Å². The minimum atomic E-state index is -0.288. The van der Waals surface area contributed by atoms with Gasteiger partial charge in [-0.2, -0.15) is 4.98 Å². The molecule has 2 aliphatic rings. The van der Waals surface area contributed by atoms with Crippen LogP contribution in [0.1, 0.15) is 30.9 Å². The number of rotatable bonds is 2. The molecule has 0 fully saturated rings. The zero-order chi connectivity index (χ0) is 19.3. The van der Waals surface area contributed by atoms with E-state index in [1.165, 1.54) is 0 Å². The summed E-state index contributed by atoms with van der Waals surface area (Å²) in [6, 6.07) is 15.0. The number of carbonyl (C=O) groups excluding carboxylic acids is 1. The van der Waals surface area contributed by atoms with Crippen LogP contribution in [0.25, 0.3) is 11.4 Å². The van der Waals surface area contributed by atoms with E-state index in [0.29, 0.717) is 28.2 Å². The number of anilines is 1. The molecule has 1 aromatic heterocycles. The molecule has 0 saturated heterocycles. The summed E-state index contributed by atoms with van der Waals surface area (Å²) in [4.78, 5) is 17.5. The molecular weight excluding hydrogens is 395 g/mol. The fourth-order valence-corrected chi connectivity index (χ4v) is 4.16. The third kappa shape index (κ3) is 2.82. The molecule has 1 aliphatic heterocycles. The van der Waals surface area contributed by atoms with Crippen LogP contribution < -0.4 is 5.32 Å². The molecule has 2 heterocycles. The number of hydrogen-bond donors (Lipinski definition) is 1. The van der Waals surface area contributed by atoms with Crippen LogP contribution in [0.3, 0.4) is 0 Å². The predicted octanol–water partition coefficient (Wildman–Crippen LogP) is 5.27. The number of nitrogens with zero attached hydrogens (tertiary/aromatic N) is 3. The van der Waals surface area contributed by atoms with Crippen LogP contribution >= 0.6 is 23.2 Å². The van der Waals surface area contributed by atoms with Gasteiger partial charge in [-0.25, -0.2) is 4.68 Å². The van der Waals surface area contributed by atoms with Crippen LogP contribution in [0.4, 0.5) is 5.95 Å². The van der Waals surface area contributed by atoms with Gasteiger partial charge in [-0.1, -0.05) is 53.5 Å². The van der Waals surface area contributed by atoms with Gasteiger partial charge in [-0.3, -0.25) is 4.79 Å². The maximum absolute atomic E-state index is 12.8. The van der Waals surface area contributed by atoms with Gasteiger partial charge in [-0.15, -0.1) is 5.10 Å². The summed E-state index contributed by atoms with van der Waals surface area (Å²) in [6.45, 7) is 0. The highest BCUT2D eigenvalue weighted by atomic mass is 35.5. The predicted molar refractivity (Wildman–Crippen MR) is 110 cm³/mol. The van der Waals surface area contributed by atoms with Gasteiger partial charge >= 0.3 is 0 Å². The number of nitrogens with one attached hydrogen (secondary N) is 1. The van der Waals surface area contributed by atoms with Crippen LogP contribution in [0.2, 0.25) is 10.0 Å². The van der Waals surface area contributed by atoms with Gasteiger partial charge in [0.2, 0.25) is 5.95 Å². The third-order valence-corrected chi connectivity index (χ3v) is 5.90. The summed E-state index contributed by atoms with van der Waals surface area (Å²) >= 11 is 12.2. The Balaban J connectivity index is 1.67. The number of halogens is 2. The Morgan fingerprint density at radius 3 is 2.64 bits per heavy atom. The summed E-state index contributed by atoms with van der Waals surface area (Å²) in [6.07, 6.45) is 2.24. The molecule has 0 saturated carbocycles. The molecule has 7 heteroatoms. The maximum Gasteiger partial charge on any atom is 0.226 e. The van der Waals surface area contributed by atoms with Crippen molar-refractivity contribution in [3.05, 3.63) is 75.4 Å². The molecule has 0 radical (unpaired) electrons. The smallest absolute Gasteiger partial charge is 0.226 e. The Hall–Kier alpha value is -2.63. The first-order chi connectivity index (χ1) is 13.6. The van der Waals surface area contributed by atoms with Crippen molar-refractivity contribution in [3.63, 3.8) is 0 Å². The Morgan fingerprint density at radius 2 is 1.86 bits per heavy atom. The number of benzene rings is 2. The second-order valence-electron chi connectivity index (χ2n) is 6.94. The normalized spacial score (nSPS) is 18.5. The third-order valence-electron chi connectivity index (χ3n) is 5.16. The lowest BCUT2D eigenvalue weighted by Gasteiger charge is -2.32. The highest BCUT2D eigenvalue weighted by Crippen LogP contribution is 2.40. The van der Waals surface area contributed by atoms with Crippen molar-refractivity contribution < 1.29 is 4.79 Å². The molecule has 0 bridgehead atoms. The summed E-state index contributed by atoms with van der Waals surface area (Å²) in [7, 11) is 0. The van der Waals surface area contributed by atoms with E-state index in [0.717, 1.165) is 35.2 Å². The molecule has 1 atom stereocenters. The second kappa shape index (κ2) is 6.76. The minimum Gasteiger partial charge on any atom is -0.328 e. The van der Waals surface area contributed by atoms with Crippen LogP contribution in [0, 0.1) is 0 Å². The first-order valence-electron chi connectivity index (χ1n) is 9.12. The van der Waals surface area contributed by atoms with E-state index in [4.69, 9.17) is 28.3 Å². The average molecular weight is 411 g/mol. The summed E-state index contributed by atoms with van der Waals surface area (Å²) < 4.78 is 1.80. The monoisotopic (exact) mass is 410 g/mol. The molecular formula is C21H16Cl2N4O. The second-order valence-corrected chi connectivity index (χ2v) is 7.75. The van der Waals surface area contributed by atoms with Crippen LogP contribution in [-0.4, -0.2) is 20.5 Å². The van der Waals surface area contributed by atoms with Gasteiger partial charge in [-0.05, 0) is 36.6 Å². The fraction of sp³-hybridized carbons (Fsp3) is 0.190.